The van der Waals surface area contributed by atoms with Crippen LogP contribution in [-0.2, 0) is 9.53 Å². The number of hydrogen-bond acceptors (Lipinski definition) is 4. The standard InChI is InChI=1S/C15H21N3O2/c16-14-10-20-9-13(14)15(19)17-11-4-3-5-12(8-11)18-6-1-2-7-18/h3-5,8,13-14H,1-2,6-7,9-10,16H2,(H,17,19). The van der Waals surface area contributed by atoms with Gasteiger partial charge in [0.15, 0.2) is 0 Å². The second kappa shape index (κ2) is 5.81. The molecule has 2 heterocycles. The van der Waals surface area contributed by atoms with Crippen LogP contribution in [0.15, 0.2) is 24.3 Å². The maximum Gasteiger partial charge on any atom is 0.231 e. The van der Waals surface area contributed by atoms with Crippen LogP contribution in [0.5, 0.6) is 0 Å². The van der Waals surface area contributed by atoms with Gasteiger partial charge in [0, 0.05) is 30.5 Å². The van der Waals surface area contributed by atoms with Crippen molar-refractivity contribution in [3.8, 4) is 0 Å². The van der Waals surface area contributed by atoms with E-state index in [9.17, 15) is 4.79 Å². The van der Waals surface area contributed by atoms with Crippen LogP contribution in [-0.4, -0.2) is 38.3 Å². The van der Waals surface area contributed by atoms with Crippen LogP contribution in [0.25, 0.3) is 0 Å². The van der Waals surface area contributed by atoms with Crippen LogP contribution in [0, 0.1) is 5.92 Å². The number of carbonyl (C=O) groups is 1. The van der Waals surface area contributed by atoms with Crippen LogP contribution in [0.3, 0.4) is 0 Å². The van der Waals surface area contributed by atoms with Gasteiger partial charge in [-0.1, -0.05) is 6.07 Å². The fraction of sp³-hybridized carbons (Fsp3) is 0.533. The molecule has 5 nitrogen and oxygen atoms in total. The highest BCUT2D eigenvalue weighted by atomic mass is 16.5. The molecule has 1 aromatic rings. The van der Waals surface area contributed by atoms with Crippen LogP contribution in [0.4, 0.5) is 11.4 Å². The second-order valence-electron chi connectivity index (χ2n) is 5.54. The molecule has 2 atom stereocenters. The monoisotopic (exact) mass is 275 g/mol. The van der Waals surface area contributed by atoms with Crippen LogP contribution >= 0.6 is 0 Å². The Balaban J connectivity index is 1.67. The Kier molecular flexibility index (Phi) is 3.89. The number of nitrogens with two attached hydrogens (primary N) is 1. The minimum atomic E-state index is -0.245. The highest BCUT2D eigenvalue weighted by Gasteiger charge is 2.31. The first-order valence-corrected chi connectivity index (χ1v) is 7.23. The Labute approximate surface area is 119 Å². The van der Waals surface area contributed by atoms with Crippen molar-refractivity contribution in [3.63, 3.8) is 0 Å². The Bertz CT molecular complexity index is 486. The summed E-state index contributed by atoms with van der Waals surface area (Å²) in [7, 11) is 0. The molecule has 0 spiro atoms. The summed E-state index contributed by atoms with van der Waals surface area (Å²) in [5.74, 6) is -0.293. The van der Waals surface area contributed by atoms with Gasteiger partial charge in [-0.05, 0) is 31.0 Å². The van der Waals surface area contributed by atoms with E-state index >= 15 is 0 Å². The van der Waals surface area contributed by atoms with Crippen molar-refractivity contribution in [1.29, 1.82) is 0 Å². The highest BCUT2D eigenvalue weighted by Crippen LogP contribution is 2.24. The van der Waals surface area contributed by atoms with E-state index in [2.05, 4.69) is 16.3 Å². The molecule has 2 unspecified atom stereocenters. The zero-order chi connectivity index (χ0) is 13.9. The lowest BCUT2D eigenvalue weighted by atomic mass is 10.0. The summed E-state index contributed by atoms with van der Waals surface area (Å²) in [4.78, 5) is 14.5. The molecule has 20 heavy (non-hydrogen) atoms. The molecule has 1 amide bonds. The van der Waals surface area contributed by atoms with Crippen molar-refractivity contribution >= 4 is 17.3 Å². The smallest absolute Gasteiger partial charge is 0.231 e. The van der Waals surface area contributed by atoms with Crippen LogP contribution in [0.2, 0.25) is 0 Å². The van der Waals surface area contributed by atoms with Crippen molar-refractivity contribution in [3.05, 3.63) is 24.3 Å². The SMILES string of the molecule is NC1COCC1C(=O)Nc1cccc(N2CCCC2)c1. The van der Waals surface area contributed by atoms with Gasteiger partial charge in [0.1, 0.15) is 0 Å². The van der Waals surface area contributed by atoms with E-state index in [1.165, 1.54) is 18.5 Å². The molecule has 2 fully saturated rings. The molecule has 0 aromatic heterocycles. The molecule has 5 heteroatoms. The fourth-order valence-electron chi connectivity index (χ4n) is 2.83. The third-order valence-corrected chi connectivity index (χ3v) is 4.05. The quantitative estimate of drug-likeness (QED) is 0.870. The molecule has 0 saturated carbocycles. The van der Waals surface area contributed by atoms with Gasteiger partial charge in [-0.15, -0.1) is 0 Å². The lowest BCUT2D eigenvalue weighted by Gasteiger charge is -2.19. The average Bonchev–Trinajstić information content (AvgIpc) is 3.09. The molecular weight excluding hydrogens is 254 g/mol. The molecular formula is C15H21N3O2. The molecule has 1 aromatic carbocycles. The molecule has 108 valence electrons. The topological polar surface area (TPSA) is 67.6 Å². The summed E-state index contributed by atoms with van der Waals surface area (Å²) in [6, 6.07) is 7.82. The molecule has 3 N–H and O–H groups in total. The van der Waals surface area contributed by atoms with E-state index in [0.717, 1.165) is 18.8 Å². The van der Waals surface area contributed by atoms with Gasteiger partial charge >= 0.3 is 0 Å². The molecule has 2 saturated heterocycles. The maximum absolute atomic E-state index is 12.2. The Morgan fingerprint density at radius 1 is 1.30 bits per heavy atom. The van der Waals surface area contributed by atoms with E-state index in [0.29, 0.717) is 13.2 Å². The van der Waals surface area contributed by atoms with E-state index in [-0.39, 0.29) is 17.9 Å². The van der Waals surface area contributed by atoms with Crippen molar-refractivity contribution < 1.29 is 9.53 Å². The number of carbonyl (C=O) groups excluding carboxylic acids is 1. The maximum atomic E-state index is 12.2. The molecule has 2 aliphatic heterocycles. The number of anilines is 2. The van der Waals surface area contributed by atoms with Gasteiger partial charge in [-0.3, -0.25) is 4.79 Å². The Morgan fingerprint density at radius 3 is 2.80 bits per heavy atom. The van der Waals surface area contributed by atoms with Gasteiger partial charge in [0.2, 0.25) is 5.91 Å². The van der Waals surface area contributed by atoms with Crippen molar-refractivity contribution in [2.24, 2.45) is 11.7 Å². The van der Waals surface area contributed by atoms with Crippen molar-refractivity contribution in [2.45, 2.75) is 18.9 Å². The van der Waals surface area contributed by atoms with E-state index in [4.69, 9.17) is 10.5 Å². The van der Waals surface area contributed by atoms with Crippen LogP contribution in [0.1, 0.15) is 12.8 Å². The fourth-order valence-corrected chi connectivity index (χ4v) is 2.83. The first kappa shape index (κ1) is 13.4. The number of hydrogen-bond donors (Lipinski definition) is 2. The summed E-state index contributed by atoms with van der Waals surface area (Å²) in [5.41, 5.74) is 7.87. The summed E-state index contributed by atoms with van der Waals surface area (Å²) >= 11 is 0. The van der Waals surface area contributed by atoms with E-state index < -0.39 is 0 Å². The normalized spacial score (nSPS) is 25.9. The summed E-state index contributed by atoms with van der Waals surface area (Å²) in [5, 5.41) is 2.95. The number of ether oxygens (including phenoxy) is 1. The molecule has 0 aliphatic carbocycles. The van der Waals surface area contributed by atoms with Crippen molar-refractivity contribution in [1.82, 2.24) is 0 Å². The van der Waals surface area contributed by atoms with Gasteiger partial charge in [-0.2, -0.15) is 0 Å². The minimum absolute atomic E-state index is 0.0476. The zero-order valence-corrected chi connectivity index (χ0v) is 11.5. The predicted molar refractivity (Wildman–Crippen MR) is 78.8 cm³/mol. The molecule has 2 aliphatic rings. The van der Waals surface area contributed by atoms with Crippen molar-refractivity contribution in [2.75, 3.05) is 36.5 Å². The second-order valence-corrected chi connectivity index (χ2v) is 5.54. The highest BCUT2D eigenvalue weighted by molar-refractivity contribution is 5.93. The van der Waals surface area contributed by atoms with Gasteiger partial charge in [0.25, 0.3) is 0 Å². The lowest BCUT2D eigenvalue weighted by Crippen LogP contribution is -2.37. The lowest BCUT2D eigenvalue weighted by molar-refractivity contribution is -0.120. The molecule has 0 bridgehead atoms. The van der Waals surface area contributed by atoms with Crippen LogP contribution < -0.4 is 16.0 Å². The third kappa shape index (κ3) is 2.78. The van der Waals surface area contributed by atoms with Gasteiger partial charge in [0.05, 0.1) is 19.1 Å². The number of rotatable bonds is 3. The molecule has 0 radical (unpaired) electrons. The number of benzene rings is 1. The number of nitrogens with one attached hydrogen (secondary N) is 1. The Hall–Kier alpha value is -1.59. The van der Waals surface area contributed by atoms with E-state index in [1.54, 1.807) is 0 Å². The Morgan fingerprint density at radius 2 is 2.10 bits per heavy atom. The van der Waals surface area contributed by atoms with E-state index in [1.807, 2.05) is 18.2 Å². The summed E-state index contributed by atoms with van der Waals surface area (Å²) in [6.07, 6.45) is 2.48. The van der Waals surface area contributed by atoms with Gasteiger partial charge in [-0.25, -0.2) is 0 Å². The summed E-state index contributed by atoms with van der Waals surface area (Å²) in [6.45, 7) is 3.07. The largest absolute Gasteiger partial charge is 0.379 e. The van der Waals surface area contributed by atoms with Gasteiger partial charge < -0.3 is 20.7 Å². The number of nitrogens with zero attached hydrogens (tertiary/aromatic N) is 1. The third-order valence-electron chi connectivity index (χ3n) is 4.05. The summed E-state index contributed by atoms with van der Waals surface area (Å²) < 4.78 is 5.24. The zero-order valence-electron chi connectivity index (χ0n) is 11.5. The minimum Gasteiger partial charge on any atom is -0.379 e. The molecule has 3 rings (SSSR count). The first-order chi connectivity index (χ1) is 9.74. The number of amides is 1. The predicted octanol–water partition coefficient (Wildman–Crippen LogP) is 1.20. The first-order valence-electron chi connectivity index (χ1n) is 7.23. The average molecular weight is 275 g/mol.